The molecule has 3 N–H and O–H groups in total. The summed E-state index contributed by atoms with van der Waals surface area (Å²) in [6.07, 6.45) is 3.02. The first kappa shape index (κ1) is 17.4. The van der Waals surface area contributed by atoms with Crippen molar-refractivity contribution in [1.82, 2.24) is 10.2 Å². The van der Waals surface area contributed by atoms with Gasteiger partial charge in [0.15, 0.2) is 0 Å². The number of hydrogen-bond donors (Lipinski definition) is 2. The number of carbonyl (C=O) groups excluding carboxylic acids is 2. The van der Waals surface area contributed by atoms with Gasteiger partial charge in [-0.15, -0.1) is 0 Å². The quantitative estimate of drug-likeness (QED) is 0.738. The molecule has 0 aliphatic carbocycles. The molecule has 0 saturated carbocycles. The highest BCUT2D eigenvalue weighted by Crippen LogP contribution is 2.16. The Hall–Kier alpha value is -1.95. The topological polar surface area (TPSA) is 75.4 Å². The Balaban J connectivity index is 1.70. The zero-order valence-electron chi connectivity index (χ0n) is 13.3. The van der Waals surface area contributed by atoms with Gasteiger partial charge in [0.25, 0.3) is 0 Å². The number of rotatable bonds is 7. The summed E-state index contributed by atoms with van der Waals surface area (Å²) in [7, 11) is 0. The van der Waals surface area contributed by atoms with E-state index >= 15 is 0 Å². The van der Waals surface area contributed by atoms with E-state index in [1.807, 2.05) is 11.0 Å². The molecule has 2 amide bonds. The maximum atomic E-state index is 13.5. The summed E-state index contributed by atoms with van der Waals surface area (Å²) in [5.74, 6) is -0.659. The SMILES string of the molecule is NC(=O)CN1CCC[C@H](C(=O)NCCCc2ccccc2F)C1. The van der Waals surface area contributed by atoms with E-state index in [0.717, 1.165) is 19.4 Å². The molecule has 6 heteroatoms. The monoisotopic (exact) mass is 321 g/mol. The lowest BCUT2D eigenvalue weighted by Gasteiger charge is -2.30. The number of benzene rings is 1. The minimum absolute atomic E-state index is 0.00713. The average molecular weight is 321 g/mol. The van der Waals surface area contributed by atoms with E-state index in [4.69, 9.17) is 5.73 Å². The summed E-state index contributed by atoms with van der Waals surface area (Å²) in [4.78, 5) is 25.1. The third-order valence-corrected chi connectivity index (χ3v) is 4.14. The number of hydrogen-bond acceptors (Lipinski definition) is 3. The number of nitrogens with one attached hydrogen (secondary N) is 1. The largest absolute Gasteiger partial charge is 0.369 e. The van der Waals surface area contributed by atoms with Crippen LogP contribution in [-0.4, -0.2) is 42.9 Å². The van der Waals surface area contributed by atoms with Crippen LogP contribution in [0.1, 0.15) is 24.8 Å². The lowest BCUT2D eigenvalue weighted by atomic mass is 9.97. The van der Waals surface area contributed by atoms with Crippen LogP contribution >= 0.6 is 0 Å². The fourth-order valence-electron chi connectivity index (χ4n) is 2.97. The molecule has 1 saturated heterocycles. The molecule has 1 fully saturated rings. The zero-order valence-corrected chi connectivity index (χ0v) is 13.3. The Kier molecular flexibility index (Phi) is 6.52. The summed E-state index contributed by atoms with van der Waals surface area (Å²) in [5.41, 5.74) is 5.87. The van der Waals surface area contributed by atoms with Crippen molar-refractivity contribution in [2.45, 2.75) is 25.7 Å². The maximum Gasteiger partial charge on any atom is 0.231 e. The predicted molar refractivity (Wildman–Crippen MR) is 86.1 cm³/mol. The van der Waals surface area contributed by atoms with Crippen LogP contribution in [0.15, 0.2) is 24.3 Å². The summed E-state index contributed by atoms with van der Waals surface area (Å²) in [5, 5.41) is 2.91. The number of nitrogens with zero attached hydrogens (tertiary/aromatic N) is 1. The Bertz CT molecular complexity index is 550. The van der Waals surface area contributed by atoms with Gasteiger partial charge < -0.3 is 11.1 Å². The summed E-state index contributed by atoms with van der Waals surface area (Å²) < 4.78 is 13.5. The molecule has 0 aromatic heterocycles. The smallest absolute Gasteiger partial charge is 0.231 e. The van der Waals surface area contributed by atoms with Gasteiger partial charge in [0.2, 0.25) is 11.8 Å². The Morgan fingerprint density at radius 2 is 2.13 bits per heavy atom. The third-order valence-electron chi connectivity index (χ3n) is 4.14. The van der Waals surface area contributed by atoms with Gasteiger partial charge in [0, 0.05) is 13.1 Å². The number of amides is 2. The van der Waals surface area contributed by atoms with Gasteiger partial charge in [-0.1, -0.05) is 18.2 Å². The summed E-state index contributed by atoms with van der Waals surface area (Å²) in [6, 6.07) is 6.69. The molecule has 0 bridgehead atoms. The highest BCUT2D eigenvalue weighted by atomic mass is 19.1. The first-order valence-electron chi connectivity index (χ1n) is 8.08. The van der Waals surface area contributed by atoms with Gasteiger partial charge in [-0.3, -0.25) is 14.5 Å². The van der Waals surface area contributed by atoms with E-state index < -0.39 is 0 Å². The highest BCUT2D eigenvalue weighted by molar-refractivity contribution is 5.79. The van der Waals surface area contributed by atoms with Gasteiger partial charge in [-0.05, 0) is 43.9 Å². The molecule has 1 atom stereocenters. The van der Waals surface area contributed by atoms with Gasteiger partial charge in [0.05, 0.1) is 12.5 Å². The Morgan fingerprint density at radius 3 is 2.87 bits per heavy atom. The fourth-order valence-corrected chi connectivity index (χ4v) is 2.97. The predicted octanol–water partition coefficient (Wildman–Crippen LogP) is 1.07. The van der Waals surface area contributed by atoms with Crippen LogP contribution in [0.2, 0.25) is 0 Å². The molecular weight excluding hydrogens is 297 g/mol. The molecule has 1 aromatic carbocycles. The van der Waals surface area contributed by atoms with Crippen molar-refractivity contribution in [2.75, 3.05) is 26.2 Å². The average Bonchev–Trinajstić information content (AvgIpc) is 2.52. The third kappa shape index (κ3) is 5.63. The Morgan fingerprint density at radius 1 is 1.35 bits per heavy atom. The molecule has 1 aliphatic heterocycles. The van der Waals surface area contributed by atoms with Crippen molar-refractivity contribution < 1.29 is 14.0 Å². The zero-order chi connectivity index (χ0) is 16.7. The molecule has 5 nitrogen and oxygen atoms in total. The van der Waals surface area contributed by atoms with Crippen molar-refractivity contribution in [1.29, 1.82) is 0 Å². The van der Waals surface area contributed by atoms with E-state index in [1.54, 1.807) is 12.1 Å². The van der Waals surface area contributed by atoms with E-state index in [2.05, 4.69) is 5.32 Å². The molecule has 126 valence electrons. The van der Waals surface area contributed by atoms with Crippen molar-refractivity contribution in [3.05, 3.63) is 35.6 Å². The second-order valence-electron chi connectivity index (χ2n) is 6.03. The molecule has 23 heavy (non-hydrogen) atoms. The first-order chi connectivity index (χ1) is 11.1. The Labute approximate surface area is 136 Å². The molecule has 1 aromatic rings. The number of primary amides is 1. The minimum Gasteiger partial charge on any atom is -0.369 e. The number of halogens is 1. The number of carbonyl (C=O) groups is 2. The van der Waals surface area contributed by atoms with Gasteiger partial charge in [0.1, 0.15) is 5.82 Å². The van der Waals surface area contributed by atoms with Gasteiger partial charge in [-0.2, -0.15) is 0 Å². The van der Waals surface area contributed by atoms with Crippen LogP contribution in [0.3, 0.4) is 0 Å². The molecule has 2 rings (SSSR count). The number of nitrogens with two attached hydrogens (primary N) is 1. The fraction of sp³-hybridized carbons (Fsp3) is 0.529. The van der Waals surface area contributed by atoms with Crippen LogP contribution in [-0.2, 0) is 16.0 Å². The lowest BCUT2D eigenvalue weighted by Crippen LogP contribution is -2.45. The van der Waals surface area contributed by atoms with Gasteiger partial charge in [-0.25, -0.2) is 4.39 Å². The highest BCUT2D eigenvalue weighted by Gasteiger charge is 2.26. The van der Waals surface area contributed by atoms with Crippen LogP contribution in [0, 0.1) is 11.7 Å². The molecule has 1 aliphatic rings. The molecule has 1 heterocycles. The van der Waals surface area contributed by atoms with E-state index in [1.165, 1.54) is 6.07 Å². The number of likely N-dealkylation sites (tertiary alicyclic amines) is 1. The van der Waals surface area contributed by atoms with Crippen molar-refractivity contribution in [3.63, 3.8) is 0 Å². The van der Waals surface area contributed by atoms with E-state index in [9.17, 15) is 14.0 Å². The van der Waals surface area contributed by atoms with Crippen molar-refractivity contribution in [3.8, 4) is 0 Å². The second kappa shape index (κ2) is 8.62. The van der Waals surface area contributed by atoms with E-state index in [-0.39, 0.29) is 30.1 Å². The van der Waals surface area contributed by atoms with Gasteiger partial charge >= 0.3 is 0 Å². The molecule has 0 unspecified atom stereocenters. The number of piperidine rings is 1. The normalized spacial score (nSPS) is 18.6. The summed E-state index contributed by atoms with van der Waals surface area (Å²) in [6.45, 7) is 2.11. The van der Waals surface area contributed by atoms with Crippen LogP contribution < -0.4 is 11.1 Å². The minimum atomic E-state index is -0.365. The molecule has 0 radical (unpaired) electrons. The van der Waals surface area contributed by atoms with Crippen LogP contribution in [0.4, 0.5) is 4.39 Å². The number of aryl methyl sites for hydroxylation is 1. The standard InChI is InChI=1S/C17H24FN3O2/c18-15-8-2-1-5-13(15)6-3-9-20-17(23)14-7-4-10-21(11-14)12-16(19)22/h1-2,5,8,14H,3-4,6-7,9-12H2,(H2,19,22)(H,20,23)/t14-/m0/s1. The second-order valence-corrected chi connectivity index (χ2v) is 6.03. The van der Waals surface area contributed by atoms with Crippen molar-refractivity contribution >= 4 is 11.8 Å². The van der Waals surface area contributed by atoms with Crippen LogP contribution in [0.5, 0.6) is 0 Å². The maximum absolute atomic E-state index is 13.5. The van der Waals surface area contributed by atoms with E-state index in [0.29, 0.717) is 31.5 Å². The molecular formula is C17H24FN3O2. The summed E-state index contributed by atoms with van der Waals surface area (Å²) >= 11 is 0. The lowest BCUT2D eigenvalue weighted by molar-refractivity contribution is -0.128. The van der Waals surface area contributed by atoms with Crippen molar-refractivity contribution in [2.24, 2.45) is 11.7 Å². The molecule has 0 spiro atoms. The van der Waals surface area contributed by atoms with Crippen LogP contribution in [0.25, 0.3) is 0 Å². The first-order valence-corrected chi connectivity index (χ1v) is 8.08.